The van der Waals surface area contributed by atoms with Crippen LogP contribution in [0.2, 0.25) is 5.02 Å². The number of nitrogen functional groups attached to an aromatic ring is 1. The predicted molar refractivity (Wildman–Crippen MR) is 88.5 cm³/mol. The van der Waals surface area contributed by atoms with E-state index in [-0.39, 0.29) is 4.90 Å². The summed E-state index contributed by atoms with van der Waals surface area (Å²) in [6.45, 7) is 0. The summed E-state index contributed by atoms with van der Waals surface area (Å²) in [6.07, 6.45) is 0. The molecule has 3 N–H and O–H groups in total. The zero-order chi connectivity index (χ0) is 14.9. The van der Waals surface area contributed by atoms with Crippen molar-refractivity contribution in [2.24, 2.45) is 0 Å². The Bertz CT molecular complexity index is 766. The number of hydrogen-bond donors (Lipinski definition) is 2. The van der Waals surface area contributed by atoms with Gasteiger partial charge in [0.2, 0.25) is 0 Å². The van der Waals surface area contributed by atoms with E-state index in [1.165, 1.54) is 18.2 Å². The summed E-state index contributed by atoms with van der Waals surface area (Å²) < 4.78 is 28.3. The molecule has 0 unspecified atom stereocenters. The van der Waals surface area contributed by atoms with Gasteiger partial charge in [0.05, 0.1) is 10.6 Å². The van der Waals surface area contributed by atoms with Gasteiger partial charge < -0.3 is 5.73 Å². The van der Waals surface area contributed by atoms with Gasteiger partial charge in [0.15, 0.2) is 0 Å². The van der Waals surface area contributed by atoms with Crippen LogP contribution < -0.4 is 10.5 Å². The van der Waals surface area contributed by atoms with Crippen LogP contribution in [-0.4, -0.2) is 8.42 Å². The van der Waals surface area contributed by atoms with Gasteiger partial charge in [-0.15, -0.1) is 0 Å². The standard InChI is InChI=1S/C12H9Br2ClN2O2S/c13-9-4-2-8(6-11(9)16)20(18,19)17-12-5-7(15)1-3-10(12)14/h1-6,17H,16H2. The largest absolute Gasteiger partial charge is 0.398 e. The minimum Gasteiger partial charge on any atom is -0.398 e. The van der Waals surface area contributed by atoms with Crippen LogP contribution in [-0.2, 0) is 10.0 Å². The van der Waals surface area contributed by atoms with Gasteiger partial charge in [0.1, 0.15) is 0 Å². The summed E-state index contributed by atoms with van der Waals surface area (Å²) in [5.41, 5.74) is 6.40. The number of halogens is 3. The molecule has 0 aliphatic heterocycles. The molecule has 4 nitrogen and oxygen atoms in total. The Balaban J connectivity index is 2.40. The number of hydrogen-bond acceptors (Lipinski definition) is 3. The molecule has 0 saturated carbocycles. The van der Waals surface area contributed by atoms with Crippen molar-refractivity contribution in [1.82, 2.24) is 0 Å². The maximum atomic E-state index is 12.3. The maximum absolute atomic E-state index is 12.3. The normalized spacial score (nSPS) is 11.3. The molecule has 2 aromatic rings. The van der Waals surface area contributed by atoms with Gasteiger partial charge in [-0.05, 0) is 68.3 Å². The van der Waals surface area contributed by atoms with E-state index in [1.54, 1.807) is 18.2 Å². The van der Waals surface area contributed by atoms with Gasteiger partial charge >= 0.3 is 0 Å². The molecule has 0 aromatic heterocycles. The van der Waals surface area contributed by atoms with Gasteiger partial charge in [-0.3, -0.25) is 4.72 Å². The molecule has 20 heavy (non-hydrogen) atoms. The van der Waals surface area contributed by atoms with E-state index in [0.717, 1.165) is 0 Å². The highest BCUT2D eigenvalue weighted by atomic mass is 79.9. The van der Waals surface area contributed by atoms with E-state index in [0.29, 0.717) is 25.3 Å². The van der Waals surface area contributed by atoms with Crippen LogP contribution in [0.4, 0.5) is 11.4 Å². The third kappa shape index (κ3) is 3.46. The Morgan fingerprint density at radius 2 is 1.70 bits per heavy atom. The molecular formula is C12H9Br2ClN2O2S. The lowest BCUT2D eigenvalue weighted by molar-refractivity contribution is 0.601. The average molecular weight is 441 g/mol. The van der Waals surface area contributed by atoms with E-state index in [1.807, 2.05) is 0 Å². The smallest absolute Gasteiger partial charge is 0.262 e. The quantitative estimate of drug-likeness (QED) is 0.701. The molecule has 0 saturated heterocycles. The summed E-state index contributed by atoms with van der Waals surface area (Å²) >= 11 is 12.3. The number of sulfonamides is 1. The molecule has 2 rings (SSSR count). The number of nitrogens with two attached hydrogens (primary N) is 1. The molecule has 0 bridgehead atoms. The summed E-state index contributed by atoms with van der Waals surface area (Å²) in [6, 6.07) is 9.26. The zero-order valence-electron chi connectivity index (χ0n) is 9.90. The van der Waals surface area contributed by atoms with Crippen molar-refractivity contribution in [3.63, 3.8) is 0 Å². The van der Waals surface area contributed by atoms with E-state index in [9.17, 15) is 8.42 Å². The molecule has 0 radical (unpaired) electrons. The first-order chi connectivity index (χ1) is 9.29. The highest BCUT2D eigenvalue weighted by Gasteiger charge is 2.16. The average Bonchev–Trinajstić information content (AvgIpc) is 2.36. The third-order valence-corrected chi connectivity index (χ3v) is 5.46. The fourth-order valence-corrected chi connectivity index (χ4v) is 3.47. The molecular weight excluding hydrogens is 431 g/mol. The molecule has 106 valence electrons. The van der Waals surface area contributed by atoms with Gasteiger partial charge in [0.25, 0.3) is 10.0 Å². The van der Waals surface area contributed by atoms with E-state index in [2.05, 4.69) is 36.6 Å². The van der Waals surface area contributed by atoms with Crippen molar-refractivity contribution in [3.8, 4) is 0 Å². The molecule has 0 spiro atoms. The first-order valence-electron chi connectivity index (χ1n) is 5.32. The fourth-order valence-electron chi connectivity index (χ4n) is 1.47. The first kappa shape index (κ1) is 15.6. The minimum absolute atomic E-state index is 0.0741. The molecule has 0 amide bonds. The van der Waals surface area contributed by atoms with Gasteiger partial charge in [-0.25, -0.2) is 8.42 Å². The second-order valence-corrected chi connectivity index (χ2v) is 7.74. The lowest BCUT2D eigenvalue weighted by Gasteiger charge is -2.11. The Kier molecular flexibility index (Phi) is 4.63. The van der Waals surface area contributed by atoms with Crippen molar-refractivity contribution < 1.29 is 8.42 Å². The lowest BCUT2D eigenvalue weighted by atomic mass is 10.3. The van der Waals surface area contributed by atoms with Crippen LogP contribution in [0.5, 0.6) is 0 Å². The molecule has 0 aliphatic carbocycles. The summed E-state index contributed by atoms with van der Waals surface area (Å²) in [4.78, 5) is 0.0741. The Labute approximate surface area is 138 Å². The Morgan fingerprint density at radius 1 is 1.05 bits per heavy atom. The topological polar surface area (TPSA) is 72.2 Å². The van der Waals surface area contributed by atoms with Crippen molar-refractivity contribution in [3.05, 3.63) is 50.4 Å². The van der Waals surface area contributed by atoms with Crippen molar-refractivity contribution in [2.45, 2.75) is 4.90 Å². The zero-order valence-corrected chi connectivity index (χ0v) is 14.6. The van der Waals surface area contributed by atoms with Gasteiger partial charge in [0, 0.05) is 19.7 Å². The molecule has 8 heteroatoms. The van der Waals surface area contributed by atoms with Gasteiger partial charge in [-0.1, -0.05) is 11.6 Å². The number of nitrogens with one attached hydrogen (secondary N) is 1. The molecule has 0 fully saturated rings. The highest BCUT2D eigenvalue weighted by Crippen LogP contribution is 2.29. The summed E-state index contributed by atoms with van der Waals surface area (Å²) in [5.74, 6) is 0. The number of rotatable bonds is 3. The van der Waals surface area contributed by atoms with Crippen molar-refractivity contribution in [1.29, 1.82) is 0 Å². The monoisotopic (exact) mass is 438 g/mol. The second kappa shape index (κ2) is 5.93. The molecule has 0 atom stereocenters. The first-order valence-corrected chi connectivity index (χ1v) is 8.77. The SMILES string of the molecule is Nc1cc(S(=O)(=O)Nc2cc(Cl)ccc2Br)ccc1Br. The van der Waals surface area contributed by atoms with Crippen LogP contribution in [0.1, 0.15) is 0 Å². The number of benzene rings is 2. The van der Waals surface area contributed by atoms with Crippen LogP contribution in [0.15, 0.2) is 50.2 Å². The van der Waals surface area contributed by atoms with E-state index in [4.69, 9.17) is 17.3 Å². The van der Waals surface area contributed by atoms with Crippen molar-refractivity contribution in [2.75, 3.05) is 10.5 Å². The van der Waals surface area contributed by atoms with E-state index >= 15 is 0 Å². The molecule has 0 heterocycles. The lowest BCUT2D eigenvalue weighted by Crippen LogP contribution is -2.13. The summed E-state index contributed by atoms with van der Waals surface area (Å²) in [7, 11) is -3.73. The molecule has 0 aliphatic rings. The van der Waals surface area contributed by atoms with Gasteiger partial charge in [-0.2, -0.15) is 0 Å². The fraction of sp³-hybridized carbons (Fsp3) is 0. The number of anilines is 2. The Hall–Kier alpha value is -0.760. The molecule has 2 aromatic carbocycles. The third-order valence-electron chi connectivity index (χ3n) is 2.45. The van der Waals surface area contributed by atoms with Crippen LogP contribution in [0.3, 0.4) is 0 Å². The van der Waals surface area contributed by atoms with Crippen LogP contribution in [0, 0.1) is 0 Å². The highest BCUT2D eigenvalue weighted by molar-refractivity contribution is 9.11. The summed E-state index contributed by atoms with van der Waals surface area (Å²) in [5, 5.41) is 0.432. The van der Waals surface area contributed by atoms with E-state index < -0.39 is 10.0 Å². The predicted octanol–water partition coefficient (Wildman–Crippen LogP) is 4.25. The van der Waals surface area contributed by atoms with Crippen molar-refractivity contribution >= 4 is 64.9 Å². The maximum Gasteiger partial charge on any atom is 0.262 e. The second-order valence-electron chi connectivity index (χ2n) is 3.91. The Morgan fingerprint density at radius 3 is 2.35 bits per heavy atom. The minimum atomic E-state index is -3.73. The van der Waals surface area contributed by atoms with Crippen LogP contribution in [0.25, 0.3) is 0 Å². The van der Waals surface area contributed by atoms with Crippen LogP contribution >= 0.6 is 43.5 Å².